The van der Waals surface area contributed by atoms with Crippen LogP contribution < -0.4 is 10.6 Å². The van der Waals surface area contributed by atoms with Crippen LogP contribution in [0.2, 0.25) is 10.0 Å². The van der Waals surface area contributed by atoms with Gasteiger partial charge in [-0.25, -0.2) is 0 Å². The number of amides is 2. The van der Waals surface area contributed by atoms with E-state index in [0.29, 0.717) is 15.7 Å². The molecule has 0 aromatic heterocycles. The molecule has 26 heavy (non-hydrogen) atoms. The molecule has 0 aliphatic heterocycles. The molecule has 144 valence electrons. The highest BCUT2D eigenvalue weighted by Gasteiger charge is 2.19. The number of rotatable bonds is 2. The third kappa shape index (κ3) is 7.55. The van der Waals surface area contributed by atoms with Gasteiger partial charge in [-0.1, -0.05) is 81.0 Å². The van der Waals surface area contributed by atoms with Crippen molar-refractivity contribution in [1.82, 2.24) is 5.32 Å². The van der Waals surface area contributed by atoms with E-state index in [1.807, 2.05) is 0 Å². The van der Waals surface area contributed by atoms with Gasteiger partial charge in [-0.3, -0.25) is 9.59 Å². The molecule has 2 N–H and O–H groups in total. The molecular formula is C20H28Cl2N2O2. The zero-order valence-electron chi connectivity index (χ0n) is 15.2. The van der Waals surface area contributed by atoms with Crippen molar-refractivity contribution in [2.75, 3.05) is 5.32 Å². The maximum atomic E-state index is 12.3. The highest BCUT2D eigenvalue weighted by molar-refractivity contribution is 6.42. The highest BCUT2D eigenvalue weighted by atomic mass is 35.5. The van der Waals surface area contributed by atoms with Crippen LogP contribution in [-0.4, -0.2) is 17.9 Å². The molecule has 0 saturated heterocycles. The number of hydrogen-bond donors (Lipinski definition) is 2. The maximum Gasteiger partial charge on any atom is 0.313 e. The Kier molecular flexibility index (Phi) is 9.27. The van der Waals surface area contributed by atoms with Crippen molar-refractivity contribution in [3.8, 4) is 0 Å². The van der Waals surface area contributed by atoms with Gasteiger partial charge in [-0.05, 0) is 31.0 Å². The quantitative estimate of drug-likeness (QED) is 0.625. The van der Waals surface area contributed by atoms with Gasteiger partial charge in [0.2, 0.25) is 0 Å². The summed E-state index contributed by atoms with van der Waals surface area (Å²) in [6.07, 6.45) is 12.9. The van der Waals surface area contributed by atoms with Crippen LogP contribution in [0.15, 0.2) is 18.2 Å². The fourth-order valence-electron chi connectivity index (χ4n) is 3.33. The van der Waals surface area contributed by atoms with E-state index >= 15 is 0 Å². The molecule has 1 aromatic carbocycles. The molecule has 1 aliphatic carbocycles. The summed E-state index contributed by atoms with van der Waals surface area (Å²) in [5, 5.41) is 6.24. The Morgan fingerprint density at radius 3 is 1.92 bits per heavy atom. The minimum absolute atomic E-state index is 0.0579. The Balaban J connectivity index is 1.87. The average Bonchev–Trinajstić information content (AvgIpc) is 2.60. The van der Waals surface area contributed by atoms with Gasteiger partial charge in [0, 0.05) is 11.1 Å². The van der Waals surface area contributed by atoms with Crippen molar-refractivity contribution in [3.05, 3.63) is 28.2 Å². The number of hydrogen-bond acceptors (Lipinski definition) is 2. The molecule has 0 radical (unpaired) electrons. The van der Waals surface area contributed by atoms with Crippen LogP contribution in [0.25, 0.3) is 0 Å². The van der Waals surface area contributed by atoms with Gasteiger partial charge in [0.15, 0.2) is 0 Å². The molecule has 0 heterocycles. The predicted octanol–water partition coefficient (Wildman–Crippen LogP) is 5.72. The Hall–Kier alpha value is -1.26. The molecule has 1 aliphatic rings. The number of anilines is 1. The first-order valence-corrected chi connectivity index (χ1v) is 10.4. The van der Waals surface area contributed by atoms with Gasteiger partial charge in [-0.15, -0.1) is 0 Å². The molecule has 0 spiro atoms. The second kappa shape index (κ2) is 11.5. The van der Waals surface area contributed by atoms with Gasteiger partial charge in [0.1, 0.15) is 0 Å². The third-order valence-corrected chi connectivity index (χ3v) is 5.39. The Bertz CT molecular complexity index is 595. The topological polar surface area (TPSA) is 58.2 Å². The first kappa shape index (κ1) is 21.0. The zero-order valence-corrected chi connectivity index (χ0v) is 16.7. The number of carbonyl (C=O) groups is 2. The molecule has 6 heteroatoms. The van der Waals surface area contributed by atoms with Crippen molar-refractivity contribution >= 4 is 40.7 Å². The van der Waals surface area contributed by atoms with E-state index in [1.165, 1.54) is 51.0 Å². The molecular weight excluding hydrogens is 371 g/mol. The molecule has 4 nitrogen and oxygen atoms in total. The lowest BCUT2D eigenvalue weighted by Gasteiger charge is -2.19. The van der Waals surface area contributed by atoms with Crippen molar-refractivity contribution in [2.45, 2.75) is 76.7 Å². The van der Waals surface area contributed by atoms with E-state index in [2.05, 4.69) is 10.6 Å². The molecule has 1 saturated carbocycles. The minimum Gasteiger partial charge on any atom is -0.345 e. The molecule has 2 amide bonds. The lowest BCUT2D eigenvalue weighted by atomic mass is 9.98. The molecule has 1 fully saturated rings. The first-order chi connectivity index (χ1) is 12.6. The number of benzene rings is 1. The second-order valence-electron chi connectivity index (χ2n) is 7.01. The zero-order chi connectivity index (χ0) is 18.8. The van der Waals surface area contributed by atoms with Gasteiger partial charge >= 0.3 is 11.8 Å². The molecule has 0 unspecified atom stereocenters. The lowest BCUT2D eigenvalue weighted by molar-refractivity contribution is -0.136. The van der Waals surface area contributed by atoms with E-state index in [-0.39, 0.29) is 6.04 Å². The van der Waals surface area contributed by atoms with E-state index in [9.17, 15) is 9.59 Å². The second-order valence-corrected chi connectivity index (χ2v) is 7.85. The smallest absolute Gasteiger partial charge is 0.313 e. The maximum absolute atomic E-state index is 12.3. The van der Waals surface area contributed by atoms with E-state index in [1.54, 1.807) is 12.1 Å². The van der Waals surface area contributed by atoms with Crippen molar-refractivity contribution in [2.24, 2.45) is 0 Å². The van der Waals surface area contributed by atoms with E-state index in [0.717, 1.165) is 25.7 Å². The fourth-order valence-corrected chi connectivity index (χ4v) is 3.67. The minimum atomic E-state index is -0.708. The van der Waals surface area contributed by atoms with Crippen LogP contribution in [0.1, 0.15) is 70.6 Å². The van der Waals surface area contributed by atoms with Crippen LogP contribution in [0.5, 0.6) is 0 Å². The Labute approximate surface area is 166 Å². The number of nitrogens with one attached hydrogen (secondary N) is 2. The molecule has 0 atom stereocenters. The van der Waals surface area contributed by atoms with Crippen LogP contribution >= 0.6 is 23.2 Å². The molecule has 1 aromatic rings. The van der Waals surface area contributed by atoms with Crippen LogP contribution in [0.4, 0.5) is 5.69 Å². The van der Waals surface area contributed by atoms with Crippen molar-refractivity contribution in [3.63, 3.8) is 0 Å². The normalized spacial score (nSPS) is 17.6. The molecule has 2 rings (SSSR count). The largest absolute Gasteiger partial charge is 0.345 e. The van der Waals surface area contributed by atoms with Crippen LogP contribution in [-0.2, 0) is 9.59 Å². The number of carbonyl (C=O) groups excluding carboxylic acids is 2. The average molecular weight is 399 g/mol. The third-order valence-electron chi connectivity index (χ3n) is 4.82. The highest BCUT2D eigenvalue weighted by Crippen LogP contribution is 2.25. The lowest BCUT2D eigenvalue weighted by Crippen LogP contribution is -2.42. The summed E-state index contributed by atoms with van der Waals surface area (Å²) in [6, 6.07) is 4.81. The summed E-state index contributed by atoms with van der Waals surface area (Å²) in [5.41, 5.74) is 0.345. The van der Waals surface area contributed by atoms with E-state index in [4.69, 9.17) is 23.2 Å². The summed E-state index contributed by atoms with van der Waals surface area (Å²) in [7, 11) is 0. The van der Waals surface area contributed by atoms with Crippen LogP contribution in [0, 0.1) is 0 Å². The first-order valence-electron chi connectivity index (χ1n) is 9.63. The van der Waals surface area contributed by atoms with Gasteiger partial charge in [-0.2, -0.15) is 0 Å². The van der Waals surface area contributed by atoms with Crippen molar-refractivity contribution < 1.29 is 9.59 Å². The SMILES string of the molecule is O=C(Nc1cc(Cl)ccc1Cl)C(=O)NC1CCCCCCCCCCC1. The monoisotopic (exact) mass is 398 g/mol. The Morgan fingerprint density at radius 2 is 1.35 bits per heavy atom. The summed E-state index contributed by atoms with van der Waals surface area (Å²) >= 11 is 11.9. The number of halogens is 2. The summed E-state index contributed by atoms with van der Waals surface area (Å²) < 4.78 is 0. The summed E-state index contributed by atoms with van der Waals surface area (Å²) in [5.74, 6) is -1.32. The van der Waals surface area contributed by atoms with Gasteiger partial charge in [0.05, 0.1) is 10.7 Å². The van der Waals surface area contributed by atoms with Gasteiger partial charge in [0.25, 0.3) is 0 Å². The standard InChI is InChI=1S/C20H28Cl2N2O2/c21-15-12-13-17(22)18(14-15)24-20(26)19(25)23-16-10-8-6-4-2-1-3-5-7-9-11-16/h12-14,16H,1-11H2,(H,23,25)(H,24,26). The van der Waals surface area contributed by atoms with E-state index < -0.39 is 11.8 Å². The van der Waals surface area contributed by atoms with Gasteiger partial charge < -0.3 is 10.6 Å². The molecule has 0 bridgehead atoms. The predicted molar refractivity (Wildman–Crippen MR) is 108 cm³/mol. The van der Waals surface area contributed by atoms with Crippen molar-refractivity contribution in [1.29, 1.82) is 0 Å². The summed E-state index contributed by atoms with van der Waals surface area (Å²) in [6.45, 7) is 0. The summed E-state index contributed by atoms with van der Waals surface area (Å²) in [4.78, 5) is 24.5. The van der Waals surface area contributed by atoms with Crippen LogP contribution in [0.3, 0.4) is 0 Å². The Morgan fingerprint density at radius 1 is 0.808 bits per heavy atom. The fraction of sp³-hybridized carbons (Fsp3) is 0.600.